The topological polar surface area (TPSA) is 83.6 Å². The average Bonchev–Trinajstić information content (AvgIpc) is 2.84. The van der Waals surface area contributed by atoms with E-state index >= 15 is 0 Å². The van der Waals surface area contributed by atoms with Gasteiger partial charge >= 0.3 is 5.97 Å². The predicted octanol–water partition coefficient (Wildman–Crippen LogP) is 1.39. The summed E-state index contributed by atoms with van der Waals surface area (Å²) in [7, 11) is 0. The van der Waals surface area contributed by atoms with Gasteiger partial charge in [-0.1, -0.05) is 6.92 Å². The Morgan fingerprint density at radius 3 is 2.89 bits per heavy atom. The highest BCUT2D eigenvalue weighted by atomic mass is 32.1. The van der Waals surface area contributed by atoms with E-state index in [9.17, 15) is 14.7 Å². The fourth-order valence-corrected chi connectivity index (χ4v) is 3.18. The van der Waals surface area contributed by atoms with Crippen LogP contribution in [0.5, 0.6) is 0 Å². The van der Waals surface area contributed by atoms with Crippen LogP contribution in [0.2, 0.25) is 0 Å². The third-order valence-corrected chi connectivity index (χ3v) is 4.68. The van der Waals surface area contributed by atoms with Gasteiger partial charge in [0, 0.05) is 11.4 Å². The van der Waals surface area contributed by atoms with Gasteiger partial charge in [0.25, 0.3) is 0 Å². The zero-order valence-corrected chi connectivity index (χ0v) is 11.9. The maximum atomic E-state index is 12.4. The number of hydrogen-bond acceptors (Lipinski definition) is 4. The highest BCUT2D eigenvalue weighted by molar-refractivity contribution is 7.10. The zero-order chi connectivity index (χ0) is 14.2. The van der Waals surface area contributed by atoms with E-state index in [1.54, 1.807) is 24.3 Å². The van der Waals surface area contributed by atoms with Crippen molar-refractivity contribution in [2.45, 2.75) is 38.3 Å². The molecule has 1 aliphatic rings. The molecule has 2 unspecified atom stereocenters. The SMILES string of the molecule is CCC(C)(N)C(=O)N1CCc2sccc2C1C(=O)O. The van der Waals surface area contributed by atoms with Crippen LogP contribution < -0.4 is 5.73 Å². The number of nitrogens with two attached hydrogens (primary N) is 1. The minimum absolute atomic E-state index is 0.292. The summed E-state index contributed by atoms with van der Waals surface area (Å²) in [6.07, 6.45) is 1.17. The second kappa shape index (κ2) is 4.94. The number of carboxylic acid groups (broad SMARTS) is 1. The molecule has 1 aliphatic heterocycles. The molecule has 2 rings (SSSR count). The lowest BCUT2D eigenvalue weighted by Gasteiger charge is -2.37. The lowest BCUT2D eigenvalue weighted by Crippen LogP contribution is -2.56. The molecule has 0 saturated heterocycles. The summed E-state index contributed by atoms with van der Waals surface area (Å²) >= 11 is 1.54. The monoisotopic (exact) mass is 282 g/mol. The van der Waals surface area contributed by atoms with Crippen molar-refractivity contribution < 1.29 is 14.7 Å². The minimum Gasteiger partial charge on any atom is -0.479 e. The Morgan fingerprint density at radius 2 is 2.32 bits per heavy atom. The molecule has 2 atom stereocenters. The molecule has 0 aromatic carbocycles. The summed E-state index contributed by atoms with van der Waals surface area (Å²) in [5, 5.41) is 11.3. The Hall–Kier alpha value is -1.40. The van der Waals surface area contributed by atoms with Crippen molar-refractivity contribution >= 4 is 23.2 Å². The number of carboxylic acids is 1. The van der Waals surface area contributed by atoms with Gasteiger partial charge in [0.2, 0.25) is 5.91 Å². The Labute approximate surface area is 116 Å². The molecule has 1 aromatic rings. The van der Waals surface area contributed by atoms with Crippen LogP contribution in [-0.2, 0) is 16.0 Å². The number of rotatable bonds is 3. The van der Waals surface area contributed by atoms with Gasteiger partial charge in [0.15, 0.2) is 6.04 Å². The number of fused-ring (bicyclic) bond motifs is 1. The predicted molar refractivity (Wildman–Crippen MR) is 73.0 cm³/mol. The minimum atomic E-state index is -1.01. The molecule has 104 valence electrons. The van der Waals surface area contributed by atoms with Crippen LogP contribution >= 0.6 is 11.3 Å². The van der Waals surface area contributed by atoms with Crippen LogP contribution in [0.1, 0.15) is 36.8 Å². The third-order valence-electron chi connectivity index (χ3n) is 3.68. The molecule has 0 spiro atoms. The first-order valence-corrected chi connectivity index (χ1v) is 7.15. The van der Waals surface area contributed by atoms with E-state index in [1.807, 2.05) is 12.3 Å². The summed E-state index contributed by atoms with van der Waals surface area (Å²) in [6, 6.07) is 0.884. The van der Waals surface area contributed by atoms with Crippen LogP contribution in [0.25, 0.3) is 0 Å². The van der Waals surface area contributed by atoms with Gasteiger partial charge < -0.3 is 15.7 Å². The van der Waals surface area contributed by atoms with Gasteiger partial charge in [-0.05, 0) is 36.8 Å². The number of carbonyl (C=O) groups excluding carboxylic acids is 1. The highest BCUT2D eigenvalue weighted by Crippen LogP contribution is 2.34. The van der Waals surface area contributed by atoms with E-state index in [4.69, 9.17) is 5.73 Å². The van der Waals surface area contributed by atoms with E-state index < -0.39 is 17.6 Å². The Bertz CT molecular complexity index is 510. The van der Waals surface area contributed by atoms with E-state index in [0.29, 0.717) is 19.4 Å². The van der Waals surface area contributed by atoms with E-state index in [-0.39, 0.29) is 5.91 Å². The molecule has 6 heteroatoms. The standard InChI is InChI=1S/C13H18N2O3S/c1-3-13(2,14)12(18)15-6-4-9-8(5-7-19-9)10(15)11(16)17/h5,7,10H,3-4,6,14H2,1-2H3,(H,16,17). The molecule has 0 bridgehead atoms. The van der Waals surface area contributed by atoms with Crippen molar-refractivity contribution in [3.63, 3.8) is 0 Å². The van der Waals surface area contributed by atoms with Crippen molar-refractivity contribution in [3.8, 4) is 0 Å². The first kappa shape index (κ1) is 14.0. The van der Waals surface area contributed by atoms with Crippen molar-refractivity contribution in [2.24, 2.45) is 5.73 Å². The maximum absolute atomic E-state index is 12.4. The number of amides is 1. The summed E-state index contributed by atoms with van der Waals surface area (Å²) in [5.74, 6) is -1.29. The average molecular weight is 282 g/mol. The quantitative estimate of drug-likeness (QED) is 0.877. The number of nitrogens with zero attached hydrogens (tertiary/aromatic N) is 1. The van der Waals surface area contributed by atoms with Gasteiger partial charge in [0.05, 0.1) is 5.54 Å². The zero-order valence-electron chi connectivity index (χ0n) is 11.0. The smallest absolute Gasteiger partial charge is 0.331 e. The summed E-state index contributed by atoms with van der Waals surface area (Å²) in [5.41, 5.74) is 5.68. The van der Waals surface area contributed by atoms with Crippen LogP contribution in [0.15, 0.2) is 11.4 Å². The normalized spacial score (nSPS) is 21.6. The molecule has 2 heterocycles. The van der Waals surface area contributed by atoms with Crippen molar-refractivity contribution in [1.29, 1.82) is 0 Å². The fourth-order valence-electron chi connectivity index (χ4n) is 2.28. The number of carbonyl (C=O) groups is 2. The number of thiophene rings is 1. The summed E-state index contributed by atoms with van der Waals surface area (Å²) < 4.78 is 0. The van der Waals surface area contributed by atoms with Crippen molar-refractivity contribution in [2.75, 3.05) is 6.54 Å². The van der Waals surface area contributed by atoms with E-state index in [1.165, 1.54) is 4.90 Å². The fraction of sp³-hybridized carbons (Fsp3) is 0.538. The first-order valence-electron chi connectivity index (χ1n) is 6.27. The van der Waals surface area contributed by atoms with Gasteiger partial charge in [-0.15, -0.1) is 11.3 Å². The molecular formula is C13H18N2O3S. The van der Waals surface area contributed by atoms with E-state index in [0.717, 1.165) is 10.4 Å². The molecule has 0 radical (unpaired) electrons. The Morgan fingerprint density at radius 1 is 1.63 bits per heavy atom. The van der Waals surface area contributed by atoms with Gasteiger partial charge in [-0.2, -0.15) is 0 Å². The first-order chi connectivity index (χ1) is 8.88. The van der Waals surface area contributed by atoms with Crippen LogP contribution in [0.3, 0.4) is 0 Å². The second-order valence-electron chi connectivity index (χ2n) is 5.06. The number of aliphatic carboxylic acids is 1. The van der Waals surface area contributed by atoms with Gasteiger partial charge in [-0.3, -0.25) is 4.79 Å². The van der Waals surface area contributed by atoms with Crippen LogP contribution in [-0.4, -0.2) is 34.0 Å². The molecule has 0 aliphatic carbocycles. The van der Waals surface area contributed by atoms with Crippen LogP contribution in [0.4, 0.5) is 0 Å². The molecule has 1 aromatic heterocycles. The highest BCUT2D eigenvalue weighted by Gasteiger charge is 2.41. The summed E-state index contributed by atoms with van der Waals surface area (Å²) in [6.45, 7) is 3.89. The summed E-state index contributed by atoms with van der Waals surface area (Å²) in [4.78, 5) is 26.4. The van der Waals surface area contributed by atoms with Gasteiger partial charge in [0.1, 0.15) is 0 Å². The number of hydrogen-bond donors (Lipinski definition) is 2. The lowest BCUT2D eigenvalue weighted by molar-refractivity contribution is -0.153. The molecule has 3 N–H and O–H groups in total. The molecule has 0 saturated carbocycles. The van der Waals surface area contributed by atoms with Crippen molar-refractivity contribution in [3.05, 3.63) is 21.9 Å². The van der Waals surface area contributed by atoms with Crippen LogP contribution in [0, 0.1) is 0 Å². The molecule has 1 amide bonds. The second-order valence-corrected chi connectivity index (χ2v) is 6.06. The Kier molecular flexibility index (Phi) is 3.64. The molecule has 19 heavy (non-hydrogen) atoms. The van der Waals surface area contributed by atoms with Gasteiger partial charge in [-0.25, -0.2) is 4.79 Å². The Balaban J connectivity index is 2.37. The largest absolute Gasteiger partial charge is 0.479 e. The van der Waals surface area contributed by atoms with Crippen molar-refractivity contribution in [1.82, 2.24) is 4.90 Å². The maximum Gasteiger partial charge on any atom is 0.331 e. The van der Waals surface area contributed by atoms with E-state index in [2.05, 4.69) is 0 Å². The molecule has 0 fully saturated rings. The third kappa shape index (κ3) is 2.37. The lowest BCUT2D eigenvalue weighted by atomic mass is 9.93. The molecule has 5 nitrogen and oxygen atoms in total. The molecular weight excluding hydrogens is 264 g/mol.